The Morgan fingerprint density at radius 1 is 0.900 bits per heavy atom. The standard InChI is InChI=1S/C24H26N6/c1-17(2)18-11-19(14-25-13-18)21-12-22-20(15-26-21)16-27-30(22)24-8-6-7-23(28-24)29-9-4-3-5-10-29/h6-8,11-17H,3-5,9-10H2,1-2H3. The third-order valence-electron chi connectivity index (χ3n) is 5.79. The summed E-state index contributed by atoms with van der Waals surface area (Å²) in [5.74, 6) is 2.28. The highest BCUT2D eigenvalue weighted by Gasteiger charge is 2.15. The van der Waals surface area contributed by atoms with Gasteiger partial charge in [0.1, 0.15) is 5.82 Å². The molecule has 5 rings (SSSR count). The molecule has 1 aliphatic rings. The predicted molar refractivity (Wildman–Crippen MR) is 120 cm³/mol. The van der Waals surface area contributed by atoms with Crippen LogP contribution in [0.2, 0.25) is 0 Å². The summed E-state index contributed by atoms with van der Waals surface area (Å²) >= 11 is 0. The van der Waals surface area contributed by atoms with Crippen LogP contribution in [0.25, 0.3) is 28.0 Å². The van der Waals surface area contributed by atoms with E-state index in [4.69, 9.17) is 4.98 Å². The molecule has 4 aromatic rings. The first-order valence-corrected chi connectivity index (χ1v) is 10.7. The molecule has 4 aromatic heterocycles. The van der Waals surface area contributed by atoms with E-state index in [1.807, 2.05) is 35.5 Å². The molecule has 30 heavy (non-hydrogen) atoms. The molecule has 0 saturated carbocycles. The molecule has 0 bridgehead atoms. The molecule has 0 N–H and O–H groups in total. The van der Waals surface area contributed by atoms with Crippen LogP contribution in [0.4, 0.5) is 5.82 Å². The van der Waals surface area contributed by atoms with E-state index >= 15 is 0 Å². The summed E-state index contributed by atoms with van der Waals surface area (Å²) < 4.78 is 1.91. The second-order valence-electron chi connectivity index (χ2n) is 8.25. The molecule has 5 heterocycles. The van der Waals surface area contributed by atoms with Crippen molar-refractivity contribution in [1.29, 1.82) is 0 Å². The zero-order chi connectivity index (χ0) is 20.5. The van der Waals surface area contributed by atoms with Crippen molar-refractivity contribution in [2.75, 3.05) is 18.0 Å². The molecular weight excluding hydrogens is 372 g/mol. The van der Waals surface area contributed by atoms with Crippen molar-refractivity contribution in [2.24, 2.45) is 0 Å². The molecule has 0 unspecified atom stereocenters. The Bertz CT molecular complexity index is 1170. The summed E-state index contributed by atoms with van der Waals surface area (Å²) in [5.41, 5.74) is 4.12. The molecule has 1 saturated heterocycles. The maximum absolute atomic E-state index is 4.92. The number of piperidine rings is 1. The van der Waals surface area contributed by atoms with Crippen LogP contribution in [0, 0.1) is 0 Å². The molecular formula is C24H26N6. The van der Waals surface area contributed by atoms with E-state index in [0.29, 0.717) is 5.92 Å². The average molecular weight is 399 g/mol. The van der Waals surface area contributed by atoms with Gasteiger partial charge in [0, 0.05) is 42.6 Å². The lowest BCUT2D eigenvalue weighted by atomic mass is 10.0. The van der Waals surface area contributed by atoms with Crippen molar-refractivity contribution in [3.8, 4) is 17.1 Å². The number of aromatic nitrogens is 5. The monoisotopic (exact) mass is 398 g/mol. The highest BCUT2D eigenvalue weighted by Crippen LogP contribution is 2.26. The van der Waals surface area contributed by atoms with Crippen molar-refractivity contribution in [3.63, 3.8) is 0 Å². The van der Waals surface area contributed by atoms with Crippen molar-refractivity contribution in [2.45, 2.75) is 39.0 Å². The lowest BCUT2D eigenvalue weighted by Gasteiger charge is -2.27. The molecule has 0 atom stereocenters. The fraction of sp³-hybridized carbons (Fsp3) is 0.333. The summed E-state index contributed by atoms with van der Waals surface area (Å²) in [5, 5.41) is 5.61. The number of fused-ring (bicyclic) bond motifs is 1. The Balaban J connectivity index is 1.55. The molecule has 0 aromatic carbocycles. The zero-order valence-corrected chi connectivity index (χ0v) is 17.5. The van der Waals surface area contributed by atoms with E-state index in [2.05, 4.69) is 58.1 Å². The first-order chi connectivity index (χ1) is 14.7. The van der Waals surface area contributed by atoms with Gasteiger partial charge in [-0.2, -0.15) is 5.10 Å². The lowest BCUT2D eigenvalue weighted by Crippen LogP contribution is -2.30. The predicted octanol–water partition coefficient (Wildman–Crippen LogP) is 4.99. The van der Waals surface area contributed by atoms with Crippen molar-refractivity contribution in [1.82, 2.24) is 24.7 Å². The second-order valence-corrected chi connectivity index (χ2v) is 8.25. The van der Waals surface area contributed by atoms with Crippen LogP contribution >= 0.6 is 0 Å². The van der Waals surface area contributed by atoms with Gasteiger partial charge in [0.25, 0.3) is 0 Å². The molecule has 152 valence electrons. The van der Waals surface area contributed by atoms with Crippen LogP contribution in [0.5, 0.6) is 0 Å². The van der Waals surface area contributed by atoms with Crippen molar-refractivity contribution >= 4 is 16.7 Å². The summed E-state index contributed by atoms with van der Waals surface area (Å²) in [6.45, 7) is 6.49. The van der Waals surface area contributed by atoms with E-state index in [0.717, 1.165) is 46.9 Å². The smallest absolute Gasteiger partial charge is 0.156 e. The van der Waals surface area contributed by atoms with Crippen LogP contribution in [0.15, 0.2) is 55.1 Å². The number of hydrogen-bond donors (Lipinski definition) is 0. The average Bonchev–Trinajstić information content (AvgIpc) is 3.23. The van der Waals surface area contributed by atoms with Crippen LogP contribution in [0.3, 0.4) is 0 Å². The molecule has 1 aliphatic heterocycles. The topological polar surface area (TPSA) is 59.7 Å². The van der Waals surface area contributed by atoms with Gasteiger partial charge in [0.2, 0.25) is 0 Å². The number of pyridine rings is 3. The number of rotatable bonds is 4. The van der Waals surface area contributed by atoms with Gasteiger partial charge in [0.15, 0.2) is 5.82 Å². The van der Waals surface area contributed by atoms with Crippen molar-refractivity contribution < 1.29 is 0 Å². The summed E-state index contributed by atoms with van der Waals surface area (Å²) in [7, 11) is 0. The summed E-state index contributed by atoms with van der Waals surface area (Å²) in [6.07, 6.45) is 11.3. The molecule has 1 fully saturated rings. The van der Waals surface area contributed by atoms with E-state index in [1.165, 1.54) is 24.8 Å². The summed E-state index contributed by atoms with van der Waals surface area (Å²) in [6, 6.07) is 10.4. The molecule has 0 aliphatic carbocycles. The third-order valence-corrected chi connectivity index (χ3v) is 5.79. The molecule has 0 amide bonds. The third kappa shape index (κ3) is 3.54. The van der Waals surface area contributed by atoms with E-state index in [1.54, 1.807) is 0 Å². The highest BCUT2D eigenvalue weighted by atomic mass is 15.3. The lowest BCUT2D eigenvalue weighted by molar-refractivity contribution is 0.573. The van der Waals surface area contributed by atoms with E-state index < -0.39 is 0 Å². The normalized spacial score (nSPS) is 14.6. The van der Waals surface area contributed by atoms with Gasteiger partial charge in [-0.3, -0.25) is 9.97 Å². The fourth-order valence-corrected chi connectivity index (χ4v) is 4.00. The molecule has 6 nitrogen and oxygen atoms in total. The maximum Gasteiger partial charge on any atom is 0.156 e. The van der Waals surface area contributed by atoms with E-state index in [-0.39, 0.29) is 0 Å². The minimum absolute atomic E-state index is 0.424. The van der Waals surface area contributed by atoms with Crippen LogP contribution in [0.1, 0.15) is 44.6 Å². The number of hydrogen-bond acceptors (Lipinski definition) is 5. The van der Waals surface area contributed by atoms with E-state index in [9.17, 15) is 0 Å². The minimum atomic E-state index is 0.424. The van der Waals surface area contributed by atoms with Crippen molar-refractivity contribution in [3.05, 3.63) is 60.7 Å². The van der Waals surface area contributed by atoms with Gasteiger partial charge in [-0.25, -0.2) is 9.67 Å². The summed E-state index contributed by atoms with van der Waals surface area (Å²) in [4.78, 5) is 16.4. The Labute approximate surface area is 176 Å². The van der Waals surface area contributed by atoms with Crippen LogP contribution in [-0.2, 0) is 0 Å². The van der Waals surface area contributed by atoms with Crippen LogP contribution < -0.4 is 4.90 Å². The van der Waals surface area contributed by atoms with Gasteiger partial charge in [0.05, 0.1) is 17.4 Å². The largest absolute Gasteiger partial charge is 0.357 e. The fourth-order valence-electron chi connectivity index (χ4n) is 4.00. The quantitative estimate of drug-likeness (QED) is 0.485. The second kappa shape index (κ2) is 7.86. The van der Waals surface area contributed by atoms with Gasteiger partial charge in [-0.1, -0.05) is 19.9 Å². The van der Waals surface area contributed by atoms with Gasteiger partial charge >= 0.3 is 0 Å². The Hall–Kier alpha value is -3.28. The zero-order valence-electron chi connectivity index (χ0n) is 17.5. The molecule has 0 spiro atoms. The SMILES string of the molecule is CC(C)c1cncc(-c2cc3c(cn2)cnn3-c2cccc(N3CCCCC3)n2)c1. The first-order valence-electron chi connectivity index (χ1n) is 10.7. The Morgan fingerprint density at radius 3 is 2.57 bits per heavy atom. The minimum Gasteiger partial charge on any atom is -0.357 e. The maximum atomic E-state index is 4.92. The highest BCUT2D eigenvalue weighted by molar-refractivity contribution is 5.83. The Kier molecular flexibility index (Phi) is 4.91. The van der Waals surface area contributed by atoms with Gasteiger partial charge < -0.3 is 4.90 Å². The molecule has 6 heteroatoms. The Morgan fingerprint density at radius 2 is 1.73 bits per heavy atom. The van der Waals surface area contributed by atoms with Gasteiger partial charge in [-0.15, -0.1) is 0 Å². The van der Waals surface area contributed by atoms with Gasteiger partial charge in [-0.05, 0) is 55.0 Å². The number of anilines is 1. The molecule has 0 radical (unpaired) electrons. The van der Waals surface area contributed by atoms with Crippen LogP contribution in [-0.4, -0.2) is 37.8 Å². The number of nitrogens with zero attached hydrogens (tertiary/aromatic N) is 6. The first kappa shape index (κ1) is 18.7.